The average molecular weight is 388 g/mol. The van der Waals surface area contributed by atoms with Crippen LogP contribution in [-0.4, -0.2) is 33.4 Å². The number of rotatable bonds is 5. The normalized spacial score (nSPS) is 18.6. The Morgan fingerprint density at radius 2 is 1.46 bits per heavy atom. The summed E-state index contributed by atoms with van der Waals surface area (Å²) in [5.74, 6) is 1.05. The molecule has 1 aliphatic rings. The summed E-state index contributed by atoms with van der Waals surface area (Å²) in [5, 5.41) is 0. The first-order valence-electron chi connectivity index (χ1n) is 8.47. The van der Waals surface area contributed by atoms with Crippen LogP contribution in [0.3, 0.4) is 0 Å². The maximum Gasteiger partial charge on any atom is 0.573 e. The molecule has 1 aliphatic carbocycles. The Balaban J connectivity index is 1.53. The van der Waals surface area contributed by atoms with E-state index in [0.717, 1.165) is 17.5 Å². The van der Waals surface area contributed by atoms with Crippen molar-refractivity contribution in [2.75, 3.05) is 7.11 Å². The molecule has 0 spiro atoms. The molecule has 0 radical (unpaired) electrons. The van der Waals surface area contributed by atoms with E-state index in [-0.39, 0.29) is 17.6 Å². The highest BCUT2D eigenvalue weighted by Gasteiger charge is 2.41. The first-order chi connectivity index (χ1) is 13.4. The van der Waals surface area contributed by atoms with E-state index < -0.39 is 6.36 Å². The Morgan fingerprint density at radius 1 is 0.857 bits per heavy atom. The molecule has 1 fully saturated rings. The van der Waals surface area contributed by atoms with Crippen LogP contribution in [0.4, 0.5) is 13.2 Å². The number of aromatic nitrogens is 4. The Labute approximate surface area is 158 Å². The fraction of sp³-hybridized carbons (Fsp3) is 0.263. The summed E-state index contributed by atoms with van der Waals surface area (Å²) < 4.78 is 46.8. The van der Waals surface area contributed by atoms with E-state index >= 15 is 0 Å². The zero-order valence-corrected chi connectivity index (χ0v) is 14.7. The summed E-state index contributed by atoms with van der Waals surface area (Å²) in [6, 6.07) is 6.04. The molecule has 0 saturated heterocycles. The van der Waals surface area contributed by atoms with Gasteiger partial charge in [0.15, 0.2) is 11.6 Å². The van der Waals surface area contributed by atoms with Gasteiger partial charge < -0.3 is 9.47 Å². The summed E-state index contributed by atoms with van der Waals surface area (Å²) in [5.41, 5.74) is 1.63. The van der Waals surface area contributed by atoms with E-state index in [0.29, 0.717) is 17.4 Å². The number of nitrogens with zero attached hydrogens (tertiary/aromatic N) is 4. The standard InChI is InChI=1S/C19H15F3N4O2/c1-27-13-5-11(6-14(7-13)28-19(20,21)22)15-8-16(15)12-9-25-18(26-10-12)17-23-3-2-4-24-17/h2-7,9-10,15-16H,8H2,1H3/t15-,16+/m1/s1. The van der Waals surface area contributed by atoms with Crippen LogP contribution in [0.25, 0.3) is 11.6 Å². The molecule has 28 heavy (non-hydrogen) atoms. The fourth-order valence-electron chi connectivity index (χ4n) is 3.11. The van der Waals surface area contributed by atoms with Crippen molar-refractivity contribution in [1.82, 2.24) is 19.9 Å². The molecule has 4 rings (SSSR count). The summed E-state index contributed by atoms with van der Waals surface area (Å²) in [6.07, 6.45) is 2.66. The summed E-state index contributed by atoms with van der Waals surface area (Å²) in [4.78, 5) is 16.8. The van der Waals surface area contributed by atoms with Gasteiger partial charge >= 0.3 is 6.36 Å². The van der Waals surface area contributed by atoms with Gasteiger partial charge in [-0.2, -0.15) is 0 Å². The monoisotopic (exact) mass is 388 g/mol. The maximum absolute atomic E-state index is 12.6. The number of ether oxygens (including phenoxy) is 2. The molecular formula is C19H15F3N4O2. The van der Waals surface area contributed by atoms with Crippen LogP contribution in [0.1, 0.15) is 29.4 Å². The molecule has 0 unspecified atom stereocenters. The van der Waals surface area contributed by atoms with E-state index in [1.807, 2.05) is 0 Å². The maximum atomic E-state index is 12.6. The van der Waals surface area contributed by atoms with Crippen molar-refractivity contribution in [1.29, 1.82) is 0 Å². The van der Waals surface area contributed by atoms with E-state index in [4.69, 9.17) is 4.74 Å². The van der Waals surface area contributed by atoms with Crippen molar-refractivity contribution >= 4 is 0 Å². The second-order valence-corrected chi connectivity index (χ2v) is 6.35. The molecule has 144 valence electrons. The van der Waals surface area contributed by atoms with Crippen LogP contribution >= 0.6 is 0 Å². The smallest absolute Gasteiger partial charge is 0.497 e. The Morgan fingerprint density at radius 3 is 2.11 bits per heavy atom. The first-order valence-corrected chi connectivity index (χ1v) is 8.47. The topological polar surface area (TPSA) is 70.0 Å². The second-order valence-electron chi connectivity index (χ2n) is 6.35. The summed E-state index contributed by atoms with van der Waals surface area (Å²) in [7, 11) is 1.40. The Kier molecular flexibility index (Phi) is 4.58. The molecule has 1 aromatic carbocycles. The highest BCUT2D eigenvalue weighted by molar-refractivity contribution is 5.46. The van der Waals surface area contributed by atoms with Gasteiger partial charge in [-0.3, -0.25) is 0 Å². The number of hydrogen-bond acceptors (Lipinski definition) is 6. The van der Waals surface area contributed by atoms with Gasteiger partial charge in [-0.25, -0.2) is 19.9 Å². The van der Waals surface area contributed by atoms with Crippen LogP contribution in [-0.2, 0) is 0 Å². The molecule has 2 aromatic heterocycles. The molecule has 2 heterocycles. The number of benzene rings is 1. The van der Waals surface area contributed by atoms with E-state index in [1.165, 1.54) is 19.2 Å². The van der Waals surface area contributed by atoms with Gasteiger partial charge in [-0.15, -0.1) is 13.2 Å². The number of hydrogen-bond donors (Lipinski definition) is 0. The van der Waals surface area contributed by atoms with Gasteiger partial charge in [0.05, 0.1) is 7.11 Å². The van der Waals surface area contributed by atoms with Gasteiger partial charge in [0, 0.05) is 30.9 Å². The summed E-state index contributed by atoms with van der Waals surface area (Å²) in [6.45, 7) is 0. The van der Waals surface area contributed by atoms with Gasteiger partial charge in [-0.05, 0) is 47.6 Å². The number of alkyl halides is 3. The molecule has 1 saturated carbocycles. The third-order valence-corrected chi connectivity index (χ3v) is 4.46. The molecular weight excluding hydrogens is 373 g/mol. The minimum atomic E-state index is -4.75. The molecule has 0 amide bonds. The molecule has 3 aromatic rings. The summed E-state index contributed by atoms with van der Waals surface area (Å²) >= 11 is 0. The average Bonchev–Trinajstić information content (AvgIpc) is 3.48. The van der Waals surface area contributed by atoms with Crippen LogP contribution < -0.4 is 9.47 Å². The predicted octanol–water partition coefficient (Wildman–Crippen LogP) is 4.11. The molecule has 6 nitrogen and oxygen atoms in total. The van der Waals surface area contributed by atoms with Crippen molar-refractivity contribution in [2.24, 2.45) is 0 Å². The Bertz CT molecular complexity index is 965. The van der Waals surface area contributed by atoms with E-state index in [1.54, 1.807) is 36.9 Å². The van der Waals surface area contributed by atoms with Crippen LogP contribution in [0, 0.1) is 0 Å². The van der Waals surface area contributed by atoms with Crippen LogP contribution in [0.5, 0.6) is 11.5 Å². The molecule has 2 atom stereocenters. The van der Waals surface area contributed by atoms with Gasteiger partial charge in [0.25, 0.3) is 0 Å². The van der Waals surface area contributed by atoms with Gasteiger partial charge in [-0.1, -0.05) is 0 Å². The fourth-order valence-corrected chi connectivity index (χ4v) is 3.11. The Hall–Kier alpha value is -3.23. The zero-order chi connectivity index (χ0) is 19.7. The van der Waals surface area contributed by atoms with Gasteiger partial charge in [0.2, 0.25) is 0 Å². The highest BCUT2D eigenvalue weighted by atomic mass is 19.4. The zero-order valence-electron chi connectivity index (χ0n) is 14.7. The third kappa shape index (κ3) is 4.03. The van der Waals surface area contributed by atoms with Crippen LogP contribution in [0.15, 0.2) is 49.1 Å². The van der Waals surface area contributed by atoms with E-state index in [9.17, 15) is 13.2 Å². The van der Waals surface area contributed by atoms with Crippen LogP contribution in [0.2, 0.25) is 0 Å². The number of methoxy groups -OCH3 is 1. The lowest BCUT2D eigenvalue weighted by atomic mass is 10.1. The quantitative estimate of drug-likeness (QED) is 0.655. The molecule has 9 heteroatoms. The largest absolute Gasteiger partial charge is 0.573 e. The lowest BCUT2D eigenvalue weighted by Crippen LogP contribution is -2.17. The lowest BCUT2D eigenvalue weighted by molar-refractivity contribution is -0.274. The molecule has 0 N–H and O–H groups in total. The number of halogens is 3. The van der Waals surface area contributed by atoms with Crippen molar-refractivity contribution in [3.8, 4) is 23.1 Å². The predicted molar refractivity (Wildman–Crippen MR) is 92.8 cm³/mol. The van der Waals surface area contributed by atoms with Crippen molar-refractivity contribution < 1.29 is 22.6 Å². The van der Waals surface area contributed by atoms with E-state index in [2.05, 4.69) is 24.7 Å². The van der Waals surface area contributed by atoms with Gasteiger partial charge in [0.1, 0.15) is 11.5 Å². The minimum Gasteiger partial charge on any atom is -0.497 e. The third-order valence-electron chi connectivity index (χ3n) is 4.46. The molecule has 0 aliphatic heterocycles. The highest BCUT2D eigenvalue weighted by Crippen LogP contribution is 2.55. The first kappa shape index (κ1) is 18.1. The molecule has 0 bridgehead atoms. The van der Waals surface area contributed by atoms with Crippen molar-refractivity contribution in [2.45, 2.75) is 24.6 Å². The van der Waals surface area contributed by atoms with Crippen molar-refractivity contribution in [3.05, 3.63) is 60.2 Å². The SMILES string of the molecule is COc1cc(OC(F)(F)F)cc([C@H]2C[C@H]2c2cnc(-c3ncccn3)nc2)c1. The lowest BCUT2D eigenvalue weighted by Gasteiger charge is -2.12. The second kappa shape index (κ2) is 7.06. The van der Waals surface area contributed by atoms with Crippen molar-refractivity contribution in [3.63, 3.8) is 0 Å². The minimum absolute atomic E-state index is 0.0492.